The lowest BCUT2D eigenvalue weighted by molar-refractivity contribution is -0.120. The van der Waals surface area contributed by atoms with Crippen molar-refractivity contribution in [2.24, 2.45) is 0 Å². The Morgan fingerprint density at radius 2 is 2.08 bits per heavy atom. The molecule has 0 aliphatic heterocycles. The van der Waals surface area contributed by atoms with Crippen LogP contribution in [0.4, 0.5) is 4.79 Å². The SMILES string of the molecule is CNC(=O)CN(C)C(=O)NC1CC1. The maximum atomic E-state index is 11.3. The van der Waals surface area contributed by atoms with E-state index >= 15 is 0 Å². The quantitative estimate of drug-likeness (QED) is 0.624. The number of rotatable bonds is 3. The minimum absolute atomic E-state index is 0.106. The van der Waals surface area contributed by atoms with Crippen LogP contribution in [0.2, 0.25) is 0 Å². The van der Waals surface area contributed by atoms with Crippen molar-refractivity contribution < 1.29 is 9.59 Å². The normalized spacial score (nSPS) is 14.9. The Kier molecular flexibility index (Phi) is 3.11. The van der Waals surface area contributed by atoms with Crippen LogP contribution in [0.15, 0.2) is 0 Å². The molecule has 0 spiro atoms. The maximum absolute atomic E-state index is 11.3. The van der Waals surface area contributed by atoms with Crippen LogP contribution in [0.3, 0.4) is 0 Å². The molecule has 0 bridgehead atoms. The van der Waals surface area contributed by atoms with Gasteiger partial charge in [-0.25, -0.2) is 4.79 Å². The van der Waals surface area contributed by atoms with Crippen LogP contribution in [-0.2, 0) is 4.79 Å². The summed E-state index contributed by atoms with van der Waals surface area (Å²) in [7, 11) is 3.15. The van der Waals surface area contributed by atoms with Crippen molar-refractivity contribution in [3.63, 3.8) is 0 Å². The van der Waals surface area contributed by atoms with Crippen LogP contribution in [0.1, 0.15) is 12.8 Å². The molecule has 5 heteroatoms. The van der Waals surface area contributed by atoms with Gasteiger partial charge in [-0.3, -0.25) is 4.79 Å². The Labute approximate surface area is 77.5 Å². The molecule has 74 valence electrons. The number of urea groups is 1. The summed E-state index contributed by atoms with van der Waals surface area (Å²) in [5, 5.41) is 5.25. The molecule has 2 N–H and O–H groups in total. The van der Waals surface area contributed by atoms with Crippen molar-refractivity contribution in [3.8, 4) is 0 Å². The van der Waals surface area contributed by atoms with Crippen LogP contribution in [0, 0.1) is 0 Å². The van der Waals surface area contributed by atoms with Gasteiger partial charge in [0.25, 0.3) is 0 Å². The zero-order valence-electron chi connectivity index (χ0n) is 7.96. The van der Waals surface area contributed by atoms with Gasteiger partial charge in [-0.1, -0.05) is 0 Å². The van der Waals surface area contributed by atoms with E-state index < -0.39 is 0 Å². The molecule has 0 heterocycles. The van der Waals surface area contributed by atoms with Gasteiger partial charge in [0.1, 0.15) is 6.54 Å². The maximum Gasteiger partial charge on any atom is 0.317 e. The molecule has 3 amide bonds. The van der Waals surface area contributed by atoms with Gasteiger partial charge in [-0.2, -0.15) is 0 Å². The molecule has 13 heavy (non-hydrogen) atoms. The smallest absolute Gasteiger partial charge is 0.317 e. The van der Waals surface area contributed by atoms with Gasteiger partial charge in [0.15, 0.2) is 0 Å². The molecule has 1 aliphatic carbocycles. The predicted molar refractivity (Wildman–Crippen MR) is 48.3 cm³/mol. The number of amides is 3. The van der Waals surface area contributed by atoms with E-state index in [1.807, 2.05) is 0 Å². The number of nitrogens with zero attached hydrogens (tertiary/aromatic N) is 1. The number of nitrogens with one attached hydrogen (secondary N) is 2. The first-order valence-corrected chi connectivity index (χ1v) is 4.35. The molecule has 0 aromatic heterocycles. The molecular weight excluding hydrogens is 170 g/mol. The fourth-order valence-corrected chi connectivity index (χ4v) is 0.879. The molecule has 1 fully saturated rings. The number of hydrogen-bond donors (Lipinski definition) is 2. The largest absolute Gasteiger partial charge is 0.358 e. The van der Waals surface area contributed by atoms with Crippen LogP contribution in [0.5, 0.6) is 0 Å². The van der Waals surface area contributed by atoms with Gasteiger partial charge in [-0.05, 0) is 12.8 Å². The van der Waals surface area contributed by atoms with Gasteiger partial charge in [0, 0.05) is 20.1 Å². The van der Waals surface area contributed by atoms with Gasteiger partial charge >= 0.3 is 6.03 Å². The third-order valence-electron chi connectivity index (χ3n) is 1.91. The highest BCUT2D eigenvalue weighted by molar-refractivity contribution is 5.83. The molecule has 1 aliphatic rings. The highest BCUT2D eigenvalue weighted by atomic mass is 16.2. The Balaban J connectivity index is 2.23. The number of likely N-dealkylation sites (N-methyl/N-ethyl adjacent to an activating group) is 2. The average molecular weight is 185 g/mol. The monoisotopic (exact) mass is 185 g/mol. The van der Waals surface area contributed by atoms with Crippen LogP contribution in [0.25, 0.3) is 0 Å². The summed E-state index contributed by atoms with van der Waals surface area (Å²) < 4.78 is 0. The van der Waals surface area contributed by atoms with E-state index in [9.17, 15) is 9.59 Å². The minimum atomic E-state index is -0.175. The van der Waals surface area contributed by atoms with Gasteiger partial charge in [-0.15, -0.1) is 0 Å². The van der Waals surface area contributed by atoms with Gasteiger partial charge < -0.3 is 15.5 Å². The van der Waals surface area contributed by atoms with Gasteiger partial charge in [0.05, 0.1) is 0 Å². The minimum Gasteiger partial charge on any atom is -0.358 e. The molecule has 0 atom stereocenters. The molecule has 0 aromatic rings. The number of carbonyl (C=O) groups excluding carboxylic acids is 2. The lowest BCUT2D eigenvalue weighted by Gasteiger charge is -2.16. The van der Waals surface area contributed by atoms with Crippen LogP contribution >= 0.6 is 0 Å². The molecule has 0 aromatic carbocycles. The summed E-state index contributed by atoms with van der Waals surface area (Å²) in [6.07, 6.45) is 2.11. The van der Waals surface area contributed by atoms with E-state index in [2.05, 4.69) is 10.6 Å². The van der Waals surface area contributed by atoms with Gasteiger partial charge in [0.2, 0.25) is 5.91 Å². The Bertz CT molecular complexity index is 213. The molecule has 0 saturated heterocycles. The average Bonchev–Trinajstić information content (AvgIpc) is 2.87. The van der Waals surface area contributed by atoms with Crippen LogP contribution < -0.4 is 10.6 Å². The highest BCUT2D eigenvalue weighted by Crippen LogP contribution is 2.18. The topological polar surface area (TPSA) is 61.4 Å². The first-order chi connectivity index (χ1) is 6.13. The van der Waals surface area contributed by atoms with E-state index in [0.717, 1.165) is 12.8 Å². The second-order valence-electron chi connectivity index (χ2n) is 3.25. The van der Waals surface area contributed by atoms with E-state index in [4.69, 9.17) is 0 Å². The molecule has 0 unspecified atom stereocenters. The summed E-state index contributed by atoms with van der Waals surface area (Å²) in [4.78, 5) is 23.5. The van der Waals surface area contributed by atoms with Crippen molar-refractivity contribution in [2.45, 2.75) is 18.9 Å². The Morgan fingerprint density at radius 1 is 1.46 bits per heavy atom. The third-order valence-corrected chi connectivity index (χ3v) is 1.91. The van der Waals surface area contributed by atoms with Crippen molar-refractivity contribution in [1.82, 2.24) is 15.5 Å². The fraction of sp³-hybridized carbons (Fsp3) is 0.750. The van der Waals surface area contributed by atoms with E-state index in [1.165, 1.54) is 4.90 Å². The van der Waals surface area contributed by atoms with E-state index in [-0.39, 0.29) is 18.5 Å². The first-order valence-electron chi connectivity index (χ1n) is 4.35. The van der Waals surface area contributed by atoms with E-state index in [0.29, 0.717) is 6.04 Å². The Morgan fingerprint density at radius 3 is 2.54 bits per heavy atom. The number of hydrogen-bond acceptors (Lipinski definition) is 2. The highest BCUT2D eigenvalue weighted by Gasteiger charge is 2.24. The summed E-state index contributed by atoms with van der Waals surface area (Å²) in [6.45, 7) is 0.106. The van der Waals surface area contributed by atoms with Crippen molar-refractivity contribution >= 4 is 11.9 Å². The Hall–Kier alpha value is -1.26. The fourth-order valence-electron chi connectivity index (χ4n) is 0.879. The molecule has 5 nitrogen and oxygen atoms in total. The lowest BCUT2D eigenvalue weighted by Crippen LogP contribution is -2.43. The second kappa shape index (κ2) is 4.11. The second-order valence-corrected chi connectivity index (χ2v) is 3.25. The summed E-state index contributed by atoms with van der Waals surface area (Å²) >= 11 is 0. The van der Waals surface area contributed by atoms with Crippen LogP contribution in [-0.4, -0.2) is 43.5 Å². The standard InChI is InChI=1S/C8H15N3O2/c1-9-7(12)5-11(2)8(13)10-6-3-4-6/h6H,3-5H2,1-2H3,(H,9,12)(H,10,13). The number of carbonyl (C=O) groups is 2. The molecular formula is C8H15N3O2. The molecule has 1 rings (SSSR count). The zero-order chi connectivity index (χ0) is 9.84. The summed E-state index contributed by atoms with van der Waals surface area (Å²) in [6, 6.07) is 0.158. The summed E-state index contributed by atoms with van der Waals surface area (Å²) in [5.74, 6) is -0.159. The summed E-state index contributed by atoms with van der Waals surface area (Å²) in [5.41, 5.74) is 0. The molecule has 1 saturated carbocycles. The zero-order valence-corrected chi connectivity index (χ0v) is 7.96. The molecule has 0 radical (unpaired) electrons. The third kappa shape index (κ3) is 3.31. The van der Waals surface area contributed by atoms with Crippen molar-refractivity contribution in [3.05, 3.63) is 0 Å². The lowest BCUT2D eigenvalue weighted by atomic mass is 10.5. The van der Waals surface area contributed by atoms with E-state index in [1.54, 1.807) is 14.1 Å². The first kappa shape index (κ1) is 9.83. The van der Waals surface area contributed by atoms with Crippen molar-refractivity contribution in [1.29, 1.82) is 0 Å². The predicted octanol–water partition coefficient (Wildman–Crippen LogP) is -0.464. The van der Waals surface area contributed by atoms with Crippen molar-refractivity contribution in [2.75, 3.05) is 20.6 Å².